The van der Waals surface area contributed by atoms with Crippen molar-refractivity contribution in [3.05, 3.63) is 11.8 Å². The van der Waals surface area contributed by atoms with Crippen molar-refractivity contribution in [2.24, 2.45) is 0 Å². The summed E-state index contributed by atoms with van der Waals surface area (Å²) in [6.45, 7) is 7.18. The molecule has 1 rings (SSSR count). The standard InChI is InChI=1S/C19H37N.ClH/c1-3-5-7-8-9-10-11-12-13-15-19-16-14-18-20(19)17-6-4-2;/h15H,3-14,16-18H2,1-2H3;1H. The Balaban J connectivity index is 0.00000400. The van der Waals surface area contributed by atoms with E-state index in [0.29, 0.717) is 0 Å². The molecule has 0 bridgehead atoms. The van der Waals surface area contributed by atoms with Gasteiger partial charge >= 0.3 is 0 Å². The van der Waals surface area contributed by atoms with E-state index in [1.165, 1.54) is 96.6 Å². The van der Waals surface area contributed by atoms with Crippen LogP contribution in [-0.4, -0.2) is 18.0 Å². The molecule has 0 aromatic heterocycles. The van der Waals surface area contributed by atoms with Gasteiger partial charge in [-0.3, -0.25) is 0 Å². The highest BCUT2D eigenvalue weighted by molar-refractivity contribution is 5.85. The highest BCUT2D eigenvalue weighted by atomic mass is 35.5. The SMILES string of the molecule is CCCCCCCCCCC=C1CCCN1CCCC.Cl. The first-order chi connectivity index (χ1) is 9.88. The van der Waals surface area contributed by atoms with Crippen molar-refractivity contribution >= 4 is 12.4 Å². The Morgan fingerprint density at radius 3 is 2.14 bits per heavy atom. The largest absolute Gasteiger partial charge is 0.375 e. The van der Waals surface area contributed by atoms with Gasteiger partial charge in [-0.15, -0.1) is 12.4 Å². The van der Waals surface area contributed by atoms with Crippen molar-refractivity contribution in [2.45, 2.75) is 97.3 Å². The van der Waals surface area contributed by atoms with Crippen LogP contribution in [0.2, 0.25) is 0 Å². The maximum absolute atomic E-state index is 2.63. The smallest absolute Gasteiger partial charge is 0.0178 e. The van der Waals surface area contributed by atoms with E-state index in [1.54, 1.807) is 5.70 Å². The van der Waals surface area contributed by atoms with Crippen molar-refractivity contribution in [3.63, 3.8) is 0 Å². The van der Waals surface area contributed by atoms with E-state index in [-0.39, 0.29) is 12.4 Å². The molecule has 1 fully saturated rings. The summed E-state index contributed by atoms with van der Waals surface area (Å²) in [4.78, 5) is 2.63. The van der Waals surface area contributed by atoms with E-state index in [1.807, 2.05) is 0 Å². The molecule has 1 nitrogen and oxygen atoms in total. The molecule has 0 amide bonds. The number of allylic oxidation sites excluding steroid dienone is 2. The summed E-state index contributed by atoms with van der Waals surface area (Å²) >= 11 is 0. The Morgan fingerprint density at radius 2 is 1.48 bits per heavy atom. The first-order valence-corrected chi connectivity index (χ1v) is 9.32. The zero-order valence-electron chi connectivity index (χ0n) is 14.5. The van der Waals surface area contributed by atoms with Gasteiger partial charge in [0.05, 0.1) is 0 Å². The first kappa shape index (κ1) is 20.8. The lowest BCUT2D eigenvalue weighted by Crippen LogP contribution is -2.18. The van der Waals surface area contributed by atoms with E-state index in [0.717, 1.165) is 0 Å². The molecule has 0 aromatic rings. The van der Waals surface area contributed by atoms with Gasteiger partial charge in [-0.2, -0.15) is 0 Å². The van der Waals surface area contributed by atoms with Crippen LogP contribution in [0.3, 0.4) is 0 Å². The molecule has 1 saturated heterocycles. The summed E-state index contributed by atoms with van der Waals surface area (Å²) < 4.78 is 0. The van der Waals surface area contributed by atoms with Gasteiger partial charge in [0.2, 0.25) is 0 Å². The summed E-state index contributed by atoms with van der Waals surface area (Å²) in [5, 5.41) is 0. The van der Waals surface area contributed by atoms with Crippen molar-refractivity contribution < 1.29 is 0 Å². The monoisotopic (exact) mass is 315 g/mol. The fourth-order valence-corrected chi connectivity index (χ4v) is 3.14. The lowest BCUT2D eigenvalue weighted by atomic mass is 10.1. The minimum atomic E-state index is 0. The molecule has 0 aromatic carbocycles. The van der Waals surface area contributed by atoms with Crippen LogP contribution in [0, 0.1) is 0 Å². The van der Waals surface area contributed by atoms with Crippen LogP contribution in [0.5, 0.6) is 0 Å². The molecule has 0 aliphatic carbocycles. The van der Waals surface area contributed by atoms with Gasteiger partial charge in [-0.1, -0.05) is 71.3 Å². The molecule has 0 N–H and O–H groups in total. The topological polar surface area (TPSA) is 3.24 Å². The fraction of sp³-hybridized carbons (Fsp3) is 0.895. The molecule has 1 aliphatic rings. The number of rotatable bonds is 12. The maximum atomic E-state index is 2.63. The summed E-state index contributed by atoms with van der Waals surface area (Å²) in [6.07, 6.45) is 20.7. The predicted octanol–water partition coefficient (Wildman–Crippen LogP) is 6.72. The quantitative estimate of drug-likeness (QED) is 0.361. The number of halogens is 1. The average molecular weight is 316 g/mol. The minimum absolute atomic E-state index is 0. The van der Waals surface area contributed by atoms with Gasteiger partial charge in [0.1, 0.15) is 0 Å². The van der Waals surface area contributed by atoms with Gasteiger partial charge in [-0.05, 0) is 32.1 Å². The Hall–Kier alpha value is -0.170. The van der Waals surface area contributed by atoms with E-state index >= 15 is 0 Å². The van der Waals surface area contributed by atoms with Crippen LogP contribution in [0.25, 0.3) is 0 Å². The Bertz CT molecular complexity index is 250. The van der Waals surface area contributed by atoms with Crippen molar-refractivity contribution in [2.75, 3.05) is 13.1 Å². The summed E-state index contributed by atoms with van der Waals surface area (Å²) in [5.41, 5.74) is 1.65. The highest BCUT2D eigenvalue weighted by Gasteiger charge is 2.15. The summed E-state index contributed by atoms with van der Waals surface area (Å²) in [7, 11) is 0. The molecular weight excluding hydrogens is 278 g/mol. The maximum Gasteiger partial charge on any atom is 0.0178 e. The van der Waals surface area contributed by atoms with Crippen molar-refractivity contribution in [1.82, 2.24) is 4.90 Å². The van der Waals surface area contributed by atoms with Crippen molar-refractivity contribution in [1.29, 1.82) is 0 Å². The van der Waals surface area contributed by atoms with Crippen LogP contribution in [0.4, 0.5) is 0 Å². The molecule has 0 atom stereocenters. The van der Waals surface area contributed by atoms with Gasteiger partial charge in [-0.25, -0.2) is 0 Å². The van der Waals surface area contributed by atoms with Crippen molar-refractivity contribution in [3.8, 4) is 0 Å². The number of likely N-dealkylation sites (tertiary alicyclic amines) is 1. The number of hydrogen-bond donors (Lipinski definition) is 0. The summed E-state index contributed by atoms with van der Waals surface area (Å²) in [5.74, 6) is 0. The number of nitrogens with zero attached hydrogens (tertiary/aromatic N) is 1. The molecule has 126 valence electrons. The van der Waals surface area contributed by atoms with Crippen LogP contribution >= 0.6 is 12.4 Å². The fourth-order valence-electron chi connectivity index (χ4n) is 3.14. The molecular formula is C19H38ClN. The molecule has 0 saturated carbocycles. The first-order valence-electron chi connectivity index (χ1n) is 9.32. The Labute approximate surface area is 140 Å². The Morgan fingerprint density at radius 1 is 0.857 bits per heavy atom. The van der Waals surface area contributed by atoms with Gasteiger partial charge in [0, 0.05) is 18.8 Å². The van der Waals surface area contributed by atoms with Crippen LogP contribution in [0.1, 0.15) is 97.3 Å². The third-order valence-electron chi connectivity index (χ3n) is 4.49. The van der Waals surface area contributed by atoms with Crippen LogP contribution in [0.15, 0.2) is 11.8 Å². The lowest BCUT2D eigenvalue weighted by molar-refractivity contribution is 0.381. The normalized spacial score (nSPS) is 16.5. The van der Waals surface area contributed by atoms with E-state index in [4.69, 9.17) is 0 Å². The number of hydrogen-bond acceptors (Lipinski definition) is 1. The predicted molar refractivity (Wildman–Crippen MR) is 98.3 cm³/mol. The van der Waals surface area contributed by atoms with Crippen LogP contribution in [-0.2, 0) is 0 Å². The molecule has 21 heavy (non-hydrogen) atoms. The minimum Gasteiger partial charge on any atom is -0.375 e. The van der Waals surface area contributed by atoms with E-state index in [9.17, 15) is 0 Å². The molecule has 2 heteroatoms. The van der Waals surface area contributed by atoms with Crippen LogP contribution < -0.4 is 0 Å². The number of unbranched alkanes of at least 4 members (excludes halogenated alkanes) is 9. The lowest BCUT2D eigenvalue weighted by Gasteiger charge is -2.19. The van der Waals surface area contributed by atoms with Gasteiger partial charge in [0.25, 0.3) is 0 Å². The highest BCUT2D eigenvalue weighted by Crippen LogP contribution is 2.22. The zero-order valence-corrected chi connectivity index (χ0v) is 15.4. The third kappa shape index (κ3) is 10.2. The molecule has 1 heterocycles. The van der Waals surface area contributed by atoms with Gasteiger partial charge < -0.3 is 4.90 Å². The second-order valence-electron chi connectivity index (χ2n) is 6.40. The molecule has 0 radical (unpaired) electrons. The zero-order chi connectivity index (χ0) is 14.5. The van der Waals surface area contributed by atoms with Gasteiger partial charge in [0.15, 0.2) is 0 Å². The molecule has 0 unspecified atom stereocenters. The second kappa shape index (κ2) is 14.8. The van der Waals surface area contributed by atoms with E-state index < -0.39 is 0 Å². The third-order valence-corrected chi connectivity index (χ3v) is 4.49. The second-order valence-corrected chi connectivity index (χ2v) is 6.40. The average Bonchev–Trinajstić information content (AvgIpc) is 2.91. The molecule has 1 aliphatic heterocycles. The van der Waals surface area contributed by atoms with E-state index in [2.05, 4.69) is 24.8 Å². The summed E-state index contributed by atoms with van der Waals surface area (Å²) in [6, 6.07) is 0. The Kier molecular flexibility index (Phi) is 14.6. The molecule has 0 spiro atoms.